The number of Topliss-reactive ketones (excluding diaryl/α,β-unsaturated/α-hetero) is 1. The Morgan fingerprint density at radius 2 is 2.10 bits per heavy atom. The van der Waals surface area contributed by atoms with Crippen LogP contribution in [-0.4, -0.2) is 37.1 Å². The summed E-state index contributed by atoms with van der Waals surface area (Å²) in [5.74, 6) is 2.69. The van der Waals surface area contributed by atoms with Gasteiger partial charge >= 0.3 is 0 Å². The SMILES string of the molecule is C#Cc1ccc2cc(C3=C=CC(C)=C(C(=O)C4=CCCN(C)CC4)S3)ccc2c1C=O. The molecule has 0 spiro atoms. The molecule has 0 fully saturated rings. The summed E-state index contributed by atoms with van der Waals surface area (Å²) in [5.41, 5.74) is 7.26. The predicted molar refractivity (Wildman–Crippen MR) is 129 cm³/mol. The molecule has 2 heterocycles. The molecule has 2 aromatic rings. The van der Waals surface area contributed by atoms with Gasteiger partial charge in [-0.25, -0.2) is 0 Å². The fourth-order valence-electron chi connectivity index (χ4n) is 3.90. The largest absolute Gasteiger partial charge is 0.306 e. The van der Waals surface area contributed by atoms with Gasteiger partial charge in [0.15, 0.2) is 12.1 Å². The van der Waals surface area contributed by atoms with Crippen molar-refractivity contribution in [3.8, 4) is 12.3 Å². The van der Waals surface area contributed by atoms with Gasteiger partial charge in [0.25, 0.3) is 0 Å². The van der Waals surface area contributed by atoms with Gasteiger partial charge in [0.05, 0.1) is 9.81 Å². The van der Waals surface area contributed by atoms with Gasteiger partial charge in [0.2, 0.25) is 0 Å². The molecule has 0 radical (unpaired) electrons. The van der Waals surface area contributed by atoms with E-state index in [1.807, 2.05) is 37.3 Å². The van der Waals surface area contributed by atoms with Crippen molar-refractivity contribution in [1.82, 2.24) is 4.90 Å². The van der Waals surface area contributed by atoms with Crippen molar-refractivity contribution in [2.75, 3.05) is 20.1 Å². The van der Waals surface area contributed by atoms with Crippen LogP contribution < -0.4 is 0 Å². The van der Waals surface area contributed by atoms with Gasteiger partial charge in [-0.05, 0) is 72.5 Å². The standard InChI is InChI=1S/C27H23NO2S/c1-4-19-8-9-21-16-22(10-11-23(21)24(19)17-29)25-12-7-18(2)27(31-25)26(30)20-6-5-14-28(3)15-13-20/h1,6-11,16-17H,5,13-15H2,2-3H3. The lowest BCUT2D eigenvalue weighted by Gasteiger charge is -2.16. The highest BCUT2D eigenvalue weighted by atomic mass is 32.2. The van der Waals surface area contributed by atoms with Crippen LogP contribution in [-0.2, 0) is 4.79 Å². The number of carbonyl (C=O) groups excluding carboxylic acids is 2. The van der Waals surface area contributed by atoms with Gasteiger partial charge in [0, 0.05) is 24.2 Å². The summed E-state index contributed by atoms with van der Waals surface area (Å²) >= 11 is 1.48. The fourth-order valence-corrected chi connectivity index (χ4v) is 4.91. The molecule has 154 valence electrons. The Labute approximate surface area is 187 Å². The van der Waals surface area contributed by atoms with Gasteiger partial charge in [-0.1, -0.05) is 42.0 Å². The number of hydrogen-bond acceptors (Lipinski definition) is 4. The number of hydrogen-bond donors (Lipinski definition) is 0. The lowest BCUT2D eigenvalue weighted by molar-refractivity contribution is -0.111. The maximum absolute atomic E-state index is 13.3. The van der Waals surface area contributed by atoms with E-state index >= 15 is 0 Å². The molecule has 2 aliphatic heterocycles. The third-order valence-corrected chi connectivity index (χ3v) is 7.01. The molecule has 0 saturated heterocycles. The summed E-state index contributed by atoms with van der Waals surface area (Å²) in [6.45, 7) is 3.84. The van der Waals surface area contributed by atoms with Crippen LogP contribution in [0.4, 0.5) is 0 Å². The number of benzene rings is 2. The Bertz CT molecular complexity index is 1270. The predicted octanol–water partition coefficient (Wildman–Crippen LogP) is 5.37. The zero-order valence-electron chi connectivity index (χ0n) is 17.7. The number of fused-ring (bicyclic) bond motifs is 1. The Hall–Kier alpha value is -3.09. The van der Waals surface area contributed by atoms with E-state index in [-0.39, 0.29) is 5.78 Å². The summed E-state index contributed by atoms with van der Waals surface area (Å²) in [7, 11) is 2.09. The van der Waals surface area contributed by atoms with Crippen molar-refractivity contribution < 1.29 is 9.59 Å². The van der Waals surface area contributed by atoms with Crippen molar-refractivity contribution >= 4 is 39.5 Å². The van der Waals surface area contributed by atoms with Gasteiger partial charge in [-0.3, -0.25) is 9.59 Å². The molecule has 0 atom stereocenters. The van der Waals surface area contributed by atoms with Crippen LogP contribution in [0.5, 0.6) is 0 Å². The fraction of sp³-hybridized carbons (Fsp3) is 0.222. The van der Waals surface area contributed by atoms with Gasteiger partial charge in [-0.15, -0.1) is 12.2 Å². The number of carbonyl (C=O) groups is 2. The van der Waals surface area contributed by atoms with E-state index in [0.29, 0.717) is 11.1 Å². The molecule has 0 aromatic heterocycles. The second kappa shape index (κ2) is 8.96. The highest BCUT2D eigenvalue weighted by molar-refractivity contribution is 8.12. The summed E-state index contributed by atoms with van der Waals surface area (Å²) < 4.78 is 0. The van der Waals surface area contributed by atoms with Crippen LogP contribution in [0.25, 0.3) is 15.7 Å². The molecule has 0 aliphatic carbocycles. The average molecular weight is 426 g/mol. The first-order valence-electron chi connectivity index (χ1n) is 10.3. The van der Waals surface area contributed by atoms with Crippen LogP contribution in [0.3, 0.4) is 0 Å². The monoisotopic (exact) mass is 425 g/mol. The van der Waals surface area contributed by atoms with E-state index in [0.717, 1.165) is 69.5 Å². The van der Waals surface area contributed by atoms with E-state index in [4.69, 9.17) is 6.42 Å². The molecule has 2 aromatic carbocycles. The quantitative estimate of drug-likeness (QED) is 0.375. The molecular formula is C27H23NO2S. The Kier molecular flexibility index (Phi) is 6.11. The highest BCUT2D eigenvalue weighted by Gasteiger charge is 2.23. The maximum Gasteiger partial charge on any atom is 0.195 e. The molecule has 0 unspecified atom stereocenters. The molecule has 3 nitrogen and oxygen atoms in total. The number of allylic oxidation sites excluding steroid dienone is 3. The first-order valence-corrected chi connectivity index (χ1v) is 11.1. The number of aldehydes is 1. The van der Waals surface area contributed by atoms with E-state index in [1.165, 1.54) is 11.8 Å². The first kappa shape index (κ1) is 21.2. The Morgan fingerprint density at radius 1 is 1.26 bits per heavy atom. The zero-order chi connectivity index (χ0) is 22.0. The van der Waals surface area contributed by atoms with E-state index in [1.54, 1.807) is 6.07 Å². The molecule has 2 aliphatic rings. The number of terminal acetylenes is 1. The second-order valence-corrected chi connectivity index (χ2v) is 8.88. The minimum absolute atomic E-state index is 0.121. The summed E-state index contributed by atoms with van der Waals surface area (Å²) in [4.78, 5) is 28.8. The van der Waals surface area contributed by atoms with Crippen molar-refractivity contribution in [2.24, 2.45) is 0 Å². The lowest BCUT2D eigenvalue weighted by Crippen LogP contribution is -2.19. The molecule has 0 bridgehead atoms. The molecule has 0 N–H and O–H groups in total. The first-order chi connectivity index (χ1) is 15.0. The van der Waals surface area contributed by atoms with Crippen LogP contribution in [0.2, 0.25) is 0 Å². The Morgan fingerprint density at radius 3 is 2.87 bits per heavy atom. The van der Waals surface area contributed by atoms with Crippen molar-refractivity contribution in [3.63, 3.8) is 0 Å². The minimum Gasteiger partial charge on any atom is -0.306 e. The molecule has 0 saturated carbocycles. The number of thioether (sulfide) groups is 1. The zero-order valence-corrected chi connectivity index (χ0v) is 18.5. The maximum atomic E-state index is 13.3. The molecule has 0 amide bonds. The van der Waals surface area contributed by atoms with Crippen molar-refractivity contribution in [2.45, 2.75) is 19.8 Å². The lowest BCUT2D eigenvalue weighted by atomic mass is 9.98. The molecule has 4 rings (SSSR count). The Balaban J connectivity index is 1.65. The highest BCUT2D eigenvalue weighted by Crippen LogP contribution is 2.40. The van der Waals surface area contributed by atoms with Crippen molar-refractivity contribution in [1.29, 1.82) is 0 Å². The van der Waals surface area contributed by atoms with Crippen LogP contribution in [0, 0.1) is 12.3 Å². The summed E-state index contributed by atoms with van der Waals surface area (Å²) in [6.07, 6.45) is 12.0. The third kappa shape index (κ3) is 4.22. The van der Waals surface area contributed by atoms with Crippen LogP contribution in [0.15, 0.2) is 64.3 Å². The van der Waals surface area contributed by atoms with Gasteiger partial charge < -0.3 is 4.90 Å². The van der Waals surface area contributed by atoms with E-state index in [2.05, 4.69) is 29.7 Å². The number of ketones is 1. The topological polar surface area (TPSA) is 37.4 Å². The minimum atomic E-state index is 0.121. The second-order valence-electron chi connectivity index (χ2n) is 7.86. The average Bonchev–Trinajstić information content (AvgIpc) is 3.02. The summed E-state index contributed by atoms with van der Waals surface area (Å²) in [5, 5.41) is 1.76. The molecule has 31 heavy (non-hydrogen) atoms. The van der Waals surface area contributed by atoms with Crippen molar-refractivity contribution in [3.05, 3.63) is 81.0 Å². The van der Waals surface area contributed by atoms with E-state index < -0.39 is 0 Å². The molecular weight excluding hydrogens is 402 g/mol. The third-order valence-electron chi connectivity index (χ3n) is 5.74. The van der Waals surface area contributed by atoms with Crippen LogP contribution >= 0.6 is 11.8 Å². The van der Waals surface area contributed by atoms with Crippen LogP contribution in [0.1, 0.15) is 41.3 Å². The normalized spacial score (nSPS) is 17.1. The molecule has 4 heteroatoms. The van der Waals surface area contributed by atoms with Gasteiger partial charge in [0.1, 0.15) is 0 Å². The summed E-state index contributed by atoms with van der Waals surface area (Å²) in [6, 6.07) is 9.62. The van der Waals surface area contributed by atoms with E-state index in [9.17, 15) is 9.59 Å². The van der Waals surface area contributed by atoms with Gasteiger partial charge in [-0.2, -0.15) is 0 Å². The number of nitrogens with zero attached hydrogens (tertiary/aromatic N) is 1. The smallest absolute Gasteiger partial charge is 0.195 e. The number of rotatable bonds is 4.